The van der Waals surface area contributed by atoms with E-state index < -0.39 is 36.4 Å². The fourth-order valence-electron chi connectivity index (χ4n) is 7.42. The lowest BCUT2D eigenvalue weighted by Gasteiger charge is -2.27. The van der Waals surface area contributed by atoms with Gasteiger partial charge in [0.05, 0.1) is 47.6 Å². The van der Waals surface area contributed by atoms with Crippen molar-refractivity contribution in [1.82, 2.24) is 40.4 Å². The minimum absolute atomic E-state index is 0.365. The summed E-state index contributed by atoms with van der Waals surface area (Å²) in [5.74, 6) is 2.25. The van der Waals surface area contributed by atoms with Crippen molar-refractivity contribution in [1.29, 1.82) is 0 Å². The second-order valence-electron chi connectivity index (χ2n) is 13.7. The molecule has 4 heterocycles. The maximum atomic E-state index is 14.0. The summed E-state index contributed by atoms with van der Waals surface area (Å²) < 4.78 is 0. The Balaban J connectivity index is 1.13. The summed E-state index contributed by atoms with van der Waals surface area (Å²) in [7, 11) is 0. The third kappa shape index (κ3) is 7.88. The molecule has 6 aromatic rings. The second kappa shape index (κ2) is 16.9. The third-order valence-electron chi connectivity index (χ3n) is 10.2. The van der Waals surface area contributed by atoms with Crippen LogP contribution in [0.4, 0.5) is 9.59 Å². The van der Waals surface area contributed by atoms with Crippen molar-refractivity contribution in [3.63, 3.8) is 0 Å². The predicted molar refractivity (Wildman–Crippen MR) is 222 cm³/mol. The van der Waals surface area contributed by atoms with Crippen LogP contribution in [0.3, 0.4) is 0 Å². The third-order valence-corrected chi connectivity index (χ3v) is 12.2. The summed E-state index contributed by atoms with van der Waals surface area (Å²) in [4.78, 5) is 71.5. The van der Waals surface area contributed by atoms with Crippen LogP contribution < -0.4 is 10.6 Å². The number of carbonyl (C=O) groups excluding carboxylic acids is 2. The lowest BCUT2D eigenvalue weighted by molar-refractivity contribution is -0.134. The van der Waals surface area contributed by atoms with Crippen LogP contribution in [0.5, 0.6) is 0 Å². The Bertz CT molecular complexity index is 2430. The van der Waals surface area contributed by atoms with Gasteiger partial charge in [-0.3, -0.25) is 9.59 Å². The summed E-state index contributed by atoms with van der Waals surface area (Å²) >= 11 is 3.13. The Morgan fingerprint density at radius 3 is 1.55 bits per heavy atom. The van der Waals surface area contributed by atoms with Crippen LogP contribution >= 0.6 is 23.5 Å². The second-order valence-corrected chi connectivity index (χ2v) is 15.7. The molecule has 0 unspecified atom stereocenters. The average molecular weight is 815 g/mol. The molecular weight excluding hydrogens is 777 g/mol. The first-order chi connectivity index (χ1) is 28.3. The maximum absolute atomic E-state index is 14.0. The smallest absolute Gasteiger partial charge is 0.405 e. The largest absolute Gasteiger partial charge is 0.465 e. The van der Waals surface area contributed by atoms with Crippen LogP contribution in [0, 0.1) is 0 Å². The molecule has 16 heteroatoms. The molecule has 4 atom stereocenters. The number of carboxylic acid groups (broad SMARTS) is 2. The van der Waals surface area contributed by atoms with E-state index >= 15 is 0 Å². The lowest BCUT2D eigenvalue weighted by atomic mass is 9.92. The number of hydrogen-bond acceptors (Lipinski definition) is 8. The predicted octanol–water partition coefficient (Wildman–Crippen LogP) is 7.30. The van der Waals surface area contributed by atoms with Crippen molar-refractivity contribution in [3.8, 4) is 33.6 Å². The van der Waals surface area contributed by atoms with Gasteiger partial charge in [-0.15, -0.1) is 23.5 Å². The fraction of sp³-hybridized carbons (Fsp3) is 0.190. The molecular formula is C42H38N8O6S2. The van der Waals surface area contributed by atoms with Gasteiger partial charge >= 0.3 is 12.2 Å². The molecule has 6 N–H and O–H groups in total. The van der Waals surface area contributed by atoms with E-state index in [1.165, 1.54) is 0 Å². The highest BCUT2D eigenvalue weighted by Gasteiger charge is 2.39. The minimum Gasteiger partial charge on any atom is -0.465 e. The monoisotopic (exact) mass is 814 g/mol. The number of imidazole rings is 2. The number of aromatic nitrogens is 4. The van der Waals surface area contributed by atoms with Gasteiger partial charge in [0, 0.05) is 22.6 Å². The molecule has 294 valence electrons. The van der Waals surface area contributed by atoms with Crippen LogP contribution in [-0.2, 0) is 9.59 Å². The van der Waals surface area contributed by atoms with Crippen LogP contribution in [0.2, 0.25) is 0 Å². The first-order valence-electron chi connectivity index (χ1n) is 18.4. The Morgan fingerprint density at radius 1 is 0.603 bits per heavy atom. The van der Waals surface area contributed by atoms with Gasteiger partial charge in [0.25, 0.3) is 11.8 Å². The number of rotatable bonds is 11. The van der Waals surface area contributed by atoms with Gasteiger partial charge in [-0.25, -0.2) is 19.6 Å². The van der Waals surface area contributed by atoms with Crippen LogP contribution in [-0.4, -0.2) is 87.2 Å². The van der Waals surface area contributed by atoms with Gasteiger partial charge in [-0.1, -0.05) is 109 Å². The van der Waals surface area contributed by atoms with Gasteiger partial charge in [0.15, 0.2) is 0 Å². The maximum Gasteiger partial charge on any atom is 0.405 e. The molecule has 2 aromatic heterocycles. The Kier molecular flexibility index (Phi) is 11.2. The number of aromatic amines is 2. The molecule has 0 saturated carbocycles. The molecule has 2 fully saturated rings. The van der Waals surface area contributed by atoms with Gasteiger partial charge in [-0.2, -0.15) is 0 Å². The van der Waals surface area contributed by atoms with E-state index in [0.29, 0.717) is 57.4 Å². The van der Waals surface area contributed by atoms with Gasteiger partial charge in [0.1, 0.15) is 23.7 Å². The Morgan fingerprint density at radius 2 is 1.05 bits per heavy atom. The summed E-state index contributed by atoms with van der Waals surface area (Å²) in [5, 5.41) is 24.1. The van der Waals surface area contributed by atoms with E-state index in [0.717, 1.165) is 22.3 Å². The zero-order valence-corrected chi connectivity index (χ0v) is 32.5. The van der Waals surface area contributed by atoms with Gasteiger partial charge in [-0.05, 0) is 22.3 Å². The van der Waals surface area contributed by atoms with E-state index in [4.69, 9.17) is 9.97 Å². The molecule has 58 heavy (non-hydrogen) atoms. The molecule has 4 aromatic carbocycles. The summed E-state index contributed by atoms with van der Waals surface area (Å²) in [6.45, 7) is 0. The number of benzene rings is 4. The highest BCUT2D eigenvalue weighted by atomic mass is 32.2. The summed E-state index contributed by atoms with van der Waals surface area (Å²) in [6.07, 6.45) is 0.899. The standard InChI is InChI=1S/C42H38N8O6S2/c51-39(35(47-41(53)54)26-13-6-2-7-14-26)49-23-57-21-32(49)37-43-19-30(45-37)29-18-10-17-28(25-11-4-1-5-12-25)34(29)31-20-44-38(46-31)33-22-58-24-50(33)40(52)36(48-42(55)56)27-15-8-3-9-16-27/h1-20,32-33,35-36,47-48H,21-24H2,(H,43,45)(H,44,46)(H,53,54)(H,55,56)/t32-,33-,35+,36+/m0/s1. The number of nitrogens with one attached hydrogen (secondary N) is 4. The van der Waals surface area contributed by atoms with E-state index in [-0.39, 0.29) is 11.8 Å². The molecule has 2 saturated heterocycles. The number of hydrogen-bond donors (Lipinski definition) is 6. The van der Waals surface area contributed by atoms with Crippen LogP contribution in [0.15, 0.2) is 122 Å². The number of thioether (sulfide) groups is 2. The molecule has 8 rings (SSSR count). The topological polar surface area (TPSA) is 197 Å². The van der Waals surface area contributed by atoms with Gasteiger partial charge in [0.2, 0.25) is 0 Å². The van der Waals surface area contributed by atoms with Crippen molar-refractivity contribution >= 4 is 47.5 Å². The SMILES string of the molecule is O=C(O)N[C@@H](C(=O)N1CSC[C@H]1c1ncc(-c2cccc(-c3ccccc3)c2-c2cnc([C@@H]3CSCN3C(=O)[C@H](NC(=O)O)c3ccccc3)[nH]2)[nH]1)c1ccccc1. The highest BCUT2D eigenvalue weighted by Crippen LogP contribution is 2.42. The molecule has 0 bridgehead atoms. The molecule has 4 amide bonds. The van der Waals surface area contributed by atoms with Crippen molar-refractivity contribution in [2.75, 3.05) is 23.3 Å². The fourth-order valence-corrected chi connectivity index (χ4v) is 9.76. The minimum atomic E-state index is -1.30. The summed E-state index contributed by atoms with van der Waals surface area (Å²) in [6, 6.07) is 30.5. The first kappa shape index (κ1) is 38.4. The lowest BCUT2D eigenvalue weighted by Crippen LogP contribution is -2.42. The van der Waals surface area contributed by atoms with E-state index in [9.17, 15) is 29.4 Å². The first-order valence-corrected chi connectivity index (χ1v) is 20.7. The molecule has 14 nitrogen and oxygen atoms in total. The number of amides is 4. The Labute approximate surface area is 341 Å². The number of nitrogens with zero attached hydrogens (tertiary/aromatic N) is 4. The van der Waals surface area contributed by atoms with Crippen molar-refractivity contribution < 1.29 is 29.4 Å². The molecule has 2 aliphatic heterocycles. The molecule has 0 aliphatic carbocycles. The molecule has 0 radical (unpaired) electrons. The van der Waals surface area contributed by atoms with Crippen molar-refractivity contribution in [2.24, 2.45) is 0 Å². The number of carbonyl (C=O) groups is 4. The van der Waals surface area contributed by atoms with Crippen LogP contribution in [0.25, 0.3) is 33.6 Å². The average Bonchev–Trinajstić information content (AvgIpc) is 4.09. The molecule has 2 aliphatic rings. The zero-order valence-electron chi connectivity index (χ0n) is 30.8. The quantitative estimate of drug-likeness (QED) is 0.0772. The summed E-state index contributed by atoms with van der Waals surface area (Å²) in [5.41, 5.74) is 6.03. The normalized spacial score (nSPS) is 17.4. The number of H-pyrrole nitrogens is 2. The van der Waals surface area contributed by atoms with Crippen LogP contribution in [0.1, 0.15) is 46.9 Å². The zero-order chi connectivity index (χ0) is 40.2. The van der Waals surface area contributed by atoms with E-state index in [1.54, 1.807) is 94.2 Å². The molecule has 0 spiro atoms. The van der Waals surface area contributed by atoms with Gasteiger partial charge < -0.3 is 40.6 Å². The highest BCUT2D eigenvalue weighted by molar-refractivity contribution is 7.99. The van der Waals surface area contributed by atoms with Crippen molar-refractivity contribution in [2.45, 2.75) is 24.2 Å². The van der Waals surface area contributed by atoms with Crippen molar-refractivity contribution in [3.05, 3.63) is 144 Å². The Hall–Kier alpha value is -6.52. The van der Waals surface area contributed by atoms with E-state index in [1.807, 2.05) is 60.7 Å². The van der Waals surface area contributed by atoms with E-state index in [2.05, 4.69) is 20.6 Å².